The van der Waals surface area contributed by atoms with E-state index >= 15 is 0 Å². The Balaban J connectivity index is 2.28. The number of nitrogens with one attached hydrogen (secondary N) is 1. The second-order valence-electron chi connectivity index (χ2n) is 5.73. The number of rotatable bonds is 6. The molecule has 1 aromatic rings. The van der Waals surface area contributed by atoms with Crippen molar-refractivity contribution in [3.8, 4) is 11.5 Å². The maximum Gasteiger partial charge on any atom is 0.162 e. The lowest BCUT2D eigenvalue weighted by atomic mass is 9.94. The molecule has 0 radical (unpaired) electrons. The van der Waals surface area contributed by atoms with Crippen molar-refractivity contribution in [1.82, 2.24) is 5.32 Å². The van der Waals surface area contributed by atoms with Gasteiger partial charge in [-0.25, -0.2) is 0 Å². The molecule has 0 aliphatic carbocycles. The Hall–Kier alpha value is -0.930. The smallest absolute Gasteiger partial charge is 0.162 e. The molecule has 2 atom stereocenters. The molecule has 0 aromatic heterocycles. The van der Waals surface area contributed by atoms with E-state index in [2.05, 4.69) is 32.2 Å². The average molecular weight is 312 g/mol. The summed E-state index contributed by atoms with van der Waals surface area (Å²) in [6.45, 7) is 8.94. The van der Waals surface area contributed by atoms with E-state index in [1.54, 1.807) is 0 Å². The van der Waals surface area contributed by atoms with Gasteiger partial charge >= 0.3 is 0 Å². The molecule has 118 valence electrons. The van der Waals surface area contributed by atoms with Gasteiger partial charge in [0.15, 0.2) is 11.5 Å². The fourth-order valence-corrected chi connectivity index (χ4v) is 2.89. The molecule has 1 aromatic carbocycles. The molecule has 0 bridgehead atoms. The van der Waals surface area contributed by atoms with Gasteiger partial charge < -0.3 is 14.8 Å². The minimum absolute atomic E-state index is 0.259. The minimum atomic E-state index is 0.259. The molecule has 3 nitrogen and oxygen atoms in total. The normalized spacial score (nSPS) is 17.1. The van der Waals surface area contributed by atoms with Gasteiger partial charge in [0.1, 0.15) is 0 Å². The number of halogens is 1. The fourth-order valence-electron chi connectivity index (χ4n) is 2.60. The van der Waals surface area contributed by atoms with Gasteiger partial charge in [0.2, 0.25) is 0 Å². The Labute approximate surface area is 133 Å². The first kappa shape index (κ1) is 16.4. The van der Waals surface area contributed by atoms with Gasteiger partial charge in [-0.05, 0) is 30.5 Å². The Morgan fingerprint density at radius 1 is 1.19 bits per heavy atom. The third-order valence-electron chi connectivity index (χ3n) is 4.03. The average Bonchev–Trinajstić information content (AvgIpc) is 2.70. The van der Waals surface area contributed by atoms with Crippen molar-refractivity contribution in [3.05, 3.63) is 22.7 Å². The highest BCUT2D eigenvalue weighted by Crippen LogP contribution is 2.39. The molecule has 1 N–H and O–H groups in total. The van der Waals surface area contributed by atoms with Crippen molar-refractivity contribution in [2.75, 3.05) is 19.8 Å². The Morgan fingerprint density at radius 3 is 2.48 bits per heavy atom. The van der Waals surface area contributed by atoms with E-state index in [0.717, 1.165) is 41.5 Å². The zero-order valence-electron chi connectivity index (χ0n) is 13.2. The fraction of sp³-hybridized carbons (Fsp3) is 0.647. The van der Waals surface area contributed by atoms with Crippen LogP contribution in [0.2, 0.25) is 5.02 Å². The predicted octanol–water partition coefficient (Wildman–Crippen LogP) is 4.59. The van der Waals surface area contributed by atoms with Crippen LogP contribution in [0.15, 0.2) is 12.1 Å². The maximum absolute atomic E-state index is 6.50. The van der Waals surface area contributed by atoms with Crippen molar-refractivity contribution in [1.29, 1.82) is 0 Å². The third kappa shape index (κ3) is 4.27. The molecule has 0 amide bonds. The molecular formula is C17H26ClNO2. The summed E-state index contributed by atoms with van der Waals surface area (Å²) in [5.41, 5.74) is 1.11. The van der Waals surface area contributed by atoms with Gasteiger partial charge in [0.25, 0.3) is 0 Å². The van der Waals surface area contributed by atoms with E-state index in [1.165, 1.54) is 6.42 Å². The Morgan fingerprint density at radius 2 is 1.86 bits per heavy atom. The van der Waals surface area contributed by atoms with Gasteiger partial charge in [-0.1, -0.05) is 38.8 Å². The second-order valence-corrected chi connectivity index (χ2v) is 6.14. The van der Waals surface area contributed by atoms with Crippen molar-refractivity contribution in [2.45, 2.75) is 46.1 Å². The summed E-state index contributed by atoms with van der Waals surface area (Å²) in [4.78, 5) is 0. The van der Waals surface area contributed by atoms with E-state index in [0.29, 0.717) is 19.1 Å². The summed E-state index contributed by atoms with van der Waals surface area (Å²) >= 11 is 6.50. The summed E-state index contributed by atoms with van der Waals surface area (Å²) in [5, 5.41) is 4.30. The van der Waals surface area contributed by atoms with Gasteiger partial charge in [-0.3, -0.25) is 0 Å². The Bertz CT molecular complexity index is 464. The van der Waals surface area contributed by atoms with Crippen molar-refractivity contribution in [2.24, 2.45) is 5.92 Å². The molecule has 1 aliphatic heterocycles. The van der Waals surface area contributed by atoms with Crippen LogP contribution in [0.5, 0.6) is 11.5 Å². The van der Waals surface area contributed by atoms with E-state index in [9.17, 15) is 0 Å². The summed E-state index contributed by atoms with van der Waals surface area (Å²) in [7, 11) is 0. The van der Waals surface area contributed by atoms with Crippen LogP contribution in [0.4, 0.5) is 0 Å². The first-order valence-electron chi connectivity index (χ1n) is 7.98. The highest BCUT2D eigenvalue weighted by molar-refractivity contribution is 6.31. The molecular weight excluding hydrogens is 286 g/mol. The van der Waals surface area contributed by atoms with Crippen LogP contribution in [0.25, 0.3) is 0 Å². The molecule has 0 fully saturated rings. The van der Waals surface area contributed by atoms with Gasteiger partial charge in [-0.2, -0.15) is 0 Å². The van der Waals surface area contributed by atoms with E-state index in [4.69, 9.17) is 21.1 Å². The van der Waals surface area contributed by atoms with Crippen LogP contribution < -0.4 is 14.8 Å². The lowest BCUT2D eigenvalue weighted by molar-refractivity contribution is 0.296. The lowest BCUT2D eigenvalue weighted by Crippen LogP contribution is -2.23. The van der Waals surface area contributed by atoms with Crippen LogP contribution in [-0.4, -0.2) is 19.8 Å². The molecule has 1 aliphatic rings. The van der Waals surface area contributed by atoms with Crippen LogP contribution in [0.1, 0.15) is 51.6 Å². The summed E-state index contributed by atoms with van der Waals surface area (Å²) in [6, 6.07) is 4.21. The SMILES string of the molecule is CCNC(CC(C)CC)c1cc2c(cc1Cl)OCCCO2. The van der Waals surface area contributed by atoms with E-state index in [-0.39, 0.29) is 6.04 Å². The predicted molar refractivity (Wildman–Crippen MR) is 87.5 cm³/mol. The van der Waals surface area contributed by atoms with Crippen molar-refractivity contribution in [3.63, 3.8) is 0 Å². The maximum atomic E-state index is 6.50. The number of hydrogen-bond donors (Lipinski definition) is 1. The number of fused-ring (bicyclic) bond motifs is 1. The monoisotopic (exact) mass is 311 g/mol. The van der Waals surface area contributed by atoms with E-state index < -0.39 is 0 Å². The standard InChI is InChI=1S/C17H26ClNO2/c1-4-12(3)9-15(19-5-2)13-10-16-17(11-14(13)18)21-8-6-7-20-16/h10-12,15,19H,4-9H2,1-3H3. The first-order chi connectivity index (χ1) is 10.2. The Kier molecular flexibility index (Phi) is 6.19. The molecule has 0 saturated carbocycles. The van der Waals surface area contributed by atoms with Crippen LogP contribution in [0.3, 0.4) is 0 Å². The van der Waals surface area contributed by atoms with Crippen molar-refractivity contribution >= 4 is 11.6 Å². The molecule has 2 rings (SSSR count). The first-order valence-corrected chi connectivity index (χ1v) is 8.35. The molecule has 21 heavy (non-hydrogen) atoms. The highest BCUT2D eigenvalue weighted by Gasteiger charge is 2.21. The molecule has 4 heteroatoms. The molecule has 0 saturated heterocycles. The van der Waals surface area contributed by atoms with Crippen molar-refractivity contribution < 1.29 is 9.47 Å². The summed E-state index contributed by atoms with van der Waals surface area (Å²) in [6.07, 6.45) is 3.15. The quantitative estimate of drug-likeness (QED) is 0.833. The summed E-state index contributed by atoms with van der Waals surface area (Å²) < 4.78 is 11.5. The van der Waals surface area contributed by atoms with Crippen LogP contribution in [0, 0.1) is 5.92 Å². The molecule has 0 spiro atoms. The minimum Gasteiger partial charge on any atom is -0.490 e. The largest absolute Gasteiger partial charge is 0.490 e. The number of ether oxygens (including phenoxy) is 2. The lowest BCUT2D eigenvalue weighted by Gasteiger charge is -2.23. The van der Waals surface area contributed by atoms with Crippen LogP contribution >= 0.6 is 11.6 Å². The van der Waals surface area contributed by atoms with Crippen LogP contribution in [-0.2, 0) is 0 Å². The van der Waals surface area contributed by atoms with E-state index in [1.807, 2.05) is 6.07 Å². The number of benzene rings is 1. The zero-order valence-corrected chi connectivity index (χ0v) is 14.0. The topological polar surface area (TPSA) is 30.5 Å². The second kappa shape index (κ2) is 7.90. The van der Waals surface area contributed by atoms with Gasteiger partial charge in [-0.15, -0.1) is 0 Å². The highest BCUT2D eigenvalue weighted by atomic mass is 35.5. The molecule has 2 unspecified atom stereocenters. The number of hydrogen-bond acceptors (Lipinski definition) is 3. The van der Waals surface area contributed by atoms with Gasteiger partial charge in [0, 0.05) is 23.6 Å². The third-order valence-corrected chi connectivity index (χ3v) is 4.36. The zero-order chi connectivity index (χ0) is 15.2. The molecule has 1 heterocycles. The summed E-state index contributed by atoms with van der Waals surface area (Å²) in [5.74, 6) is 2.24. The van der Waals surface area contributed by atoms with Gasteiger partial charge in [0.05, 0.1) is 13.2 Å².